The number of carbonyl (C=O) groups is 2. The third-order valence-corrected chi connectivity index (χ3v) is 5.05. The molecule has 0 aliphatic carbocycles. The van der Waals surface area contributed by atoms with Crippen molar-refractivity contribution in [1.29, 1.82) is 0 Å². The number of amides is 1. The Kier molecular flexibility index (Phi) is 5.55. The molecule has 0 bridgehead atoms. The number of hydrogen-bond acceptors (Lipinski definition) is 7. The van der Waals surface area contributed by atoms with Crippen LogP contribution in [0, 0.1) is 0 Å². The molecule has 3 N–H and O–H groups in total. The first-order chi connectivity index (χ1) is 15.3. The molecule has 0 saturated carbocycles. The van der Waals surface area contributed by atoms with Gasteiger partial charge in [0.05, 0.1) is 12.0 Å². The summed E-state index contributed by atoms with van der Waals surface area (Å²) in [7, 11) is 0. The number of benzene rings is 2. The number of carboxylic acids is 1. The molecule has 2 atom stereocenters. The van der Waals surface area contributed by atoms with Gasteiger partial charge in [0.2, 0.25) is 0 Å². The molecule has 0 unspecified atom stereocenters. The Morgan fingerprint density at radius 2 is 1.97 bits per heavy atom. The fourth-order valence-electron chi connectivity index (χ4n) is 3.41. The third-order valence-electron chi connectivity index (χ3n) is 5.05. The number of aliphatic carboxylic acids is 1. The van der Waals surface area contributed by atoms with Gasteiger partial charge in [0.25, 0.3) is 5.91 Å². The van der Waals surface area contributed by atoms with Crippen molar-refractivity contribution in [2.75, 3.05) is 0 Å². The second kappa shape index (κ2) is 8.46. The number of fused-ring (bicyclic) bond motifs is 2. The van der Waals surface area contributed by atoms with Gasteiger partial charge in [0.1, 0.15) is 17.1 Å². The van der Waals surface area contributed by atoms with Crippen LogP contribution >= 0.6 is 0 Å². The van der Waals surface area contributed by atoms with Crippen LogP contribution < -0.4 is 20.8 Å². The SMILES string of the molecule is C[C@H](Oc1ccc2ccc(=O)oc2c1)C(=O)N[C@H](Cc1c[nH]c2ccc(O)cc12)C(=O)[O-]. The van der Waals surface area contributed by atoms with E-state index in [0.29, 0.717) is 21.9 Å². The highest BCUT2D eigenvalue weighted by Crippen LogP contribution is 2.24. The monoisotopic (exact) mass is 435 g/mol. The lowest BCUT2D eigenvalue weighted by Crippen LogP contribution is -2.52. The zero-order valence-corrected chi connectivity index (χ0v) is 17.0. The topological polar surface area (TPSA) is 145 Å². The molecule has 0 radical (unpaired) electrons. The fraction of sp³-hybridized carbons (Fsp3) is 0.174. The molecule has 32 heavy (non-hydrogen) atoms. The average molecular weight is 435 g/mol. The number of aromatic hydroxyl groups is 1. The highest BCUT2D eigenvalue weighted by Gasteiger charge is 2.21. The minimum absolute atomic E-state index is 0.0422. The van der Waals surface area contributed by atoms with Gasteiger partial charge in [-0.1, -0.05) is 0 Å². The zero-order valence-electron chi connectivity index (χ0n) is 17.0. The summed E-state index contributed by atoms with van der Waals surface area (Å²) >= 11 is 0. The maximum Gasteiger partial charge on any atom is 0.336 e. The smallest absolute Gasteiger partial charge is 0.336 e. The molecule has 0 aliphatic rings. The molecular weight excluding hydrogens is 416 g/mol. The lowest BCUT2D eigenvalue weighted by molar-refractivity contribution is -0.308. The average Bonchev–Trinajstić information content (AvgIpc) is 3.14. The number of aromatic nitrogens is 1. The Bertz CT molecular complexity index is 1370. The van der Waals surface area contributed by atoms with Crippen LogP contribution in [0.25, 0.3) is 21.9 Å². The van der Waals surface area contributed by atoms with E-state index in [-0.39, 0.29) is 17.9 Å². The van der Waals surface area contributed by atoms with E-state index in [0.717, 1.165) is 5.52 Å². The standard InChI is InChI=1S/C23H20N2O7/c1-12(31-16-5-2-13-3-7-21(27)32-20(13)10-16)22(28)25-19(23(29)30)8-14-11-24-18-6-4-15(26)9-17(14)18/h2-7,9-12,19,24,26H,8H2,1H3,(H,25,28)(H,29,30)/p-1/t12-,19+/m0/s1. The van der Waals surface area contributed by atoms with Gasteiger partial charge in [-0.25, -0.2) is 4.79 Å². The normalized spacial score (nSPS) is 13.0. The molecular formula is C23H19N2O7-. The van der Waals surface area contributed by atoms with E-state index in [1.54, 1.807) is 30.5 Å². The maximum atomic E-state index is 12.6. The lowest BCUT2D eigenvalue weighted by Gasteiger charge is -2.22. The van der Waals surface area contributed by atoms with Crippen molar-refractivity contribution in [2.45, 2.75) is 25.5 Å². The Balaban J connectivity index is 1.47. The van der Waals surface area contributed by atoms with E-state index in [1.807, 2.05) is 0 Å². The van der Waals surface area contributed by atoms with Crippen molar-refractivity contribution in [2.24, 2.45) is 0 Å². The van der Waals surface area contributed by atoms with Gasteiger partial charge < -0.3 is 34.5 Å². The quantitative estimate of drug-likeness (QED) is 0.370. The lowest BCUT2D eigenvalue weighted by atomic mass is 10.0. The van der Waals surface area contributed by atoms with E-state index in [4.69, 9.17) is 9.15 Å². The highest BCUT2D eigenvalue weighted by molar-refractivity contribution is 5.88. The number of rotatable bonds is 7. The summed E-state index contributed by atoms with van der Waals surface area (Å²) in [4.78, 5) is 38.6. The summed E-state index contributed by atoms with van der Waals surface area (Å²) in [5.41, 5.74) is 1.12. The Hall–Kier alpha value is -4.27. The number of H-pyrrole nitrogens is 1. The molecule has 9 heteroatoms. The fourth-order valence-corrected chi connectivity index (χ4v) is 3.41. The largest absolute Gasteiger partial charge is 0.548 e. The summed E-state index contributed by atoms with van der Waals surface area (Å²) in [5.74, 6) is -1.78. The second-order valence-corrected chi connectivity index (χ2v) is 7.34. The molecule has 4 aromatic rings. The van der Waals surface area contributed by atoms with E-state index in [9.17, 15) is 24.6 Å². The second-order valence-electron chi connectivity index (χ2n) is 7.34. The number of carbonyl (C=O) groups excluding carboxylic acids is 2. The number of aromatic amines is 1. The van der Waals surface area contributed by atoms with Gasteiger partial charge in [-0.3, -0.25) is 4.79 Å². The van der Waals surface area contributed by atoms with Crippen LogP contribution in [0.3, 0.4) is 0 Å². The molecule has 2 heterocycles. The van der Waals surface area contributed by atoms with Crippen molar-refractivity contribution in [3.05, 3.63) is 70.7 Å². The number of nitrogens with one attached hydrogen (secondary N) is 2. The van der Waals surface area contributed by atoms with Crippen LogP contribution in [-0.4, -0.2) is 34.1 Å². The number of carboxylic acid groups (broad SMARTS) is 1. The van der Waals surface area contributed by atoms with Crippen LogP contribution in [0.5, 0.6) is 11.5 Å². The highest BCUT2D eigenvalue weighted by atomic mass is 16.5. The van der Waals surface area contributed by atoms with Gasteiger partial charge in [-0.2, -0.15) is 0 Å². The van der Waals surface area contributed by atoms with Crippen LogP contribution in [-0.2, 0) is 16.0 Å². The molecule has 4 rings (SSSR count). The maximum absolute atomic E-state index is 12.6. The van der Waals surface area contributed by atoms with Crippen LogP contribution in [0.1, 0.15) is 12.5 Å². The first-order valence-corrected chi connectivity index (χ1v) is 9.81. The predicted octanol–water partition coefficient (Wildman–Crippen LogP) is 1.22. The molecule has 164 valence electrons. The molecule has 0 saturated heterocycles. The Morgan fingerprint density at radius 1 is 1.19 bits per heavy atom. The van der Waals surface area contributed by atoms with Crippen molar-refractivity contribution in [1.82, 2.24) is 10.3 Å². The summed E-state index contributed by atoms with van der Waals surface area (Å²) in [6, 6.07) is 11.1. The van der Waals surface area contributed by atoms with Gasteiger partial charge in [-0.15, -0.1) is 0 Å². The van der Waals surface area contributed by atoms with Crippen molar-refractivity contribution < 1.29 is 29.0 Å². The molecule has 0 spiro atoms. The summed E-state index contributed by atoms with van der Waals surface area (Å²) in [6.07, 6.45) is 0.539. The Morgan fingerprint density at radius 3 is 2.75 bits per heavy atom. The van der Waals surface area contributed by atoms with E-state index in [2.05, 4.69) is 10.3 Å². The first kappa shape index (κ1) is 21.0. The molecule has 1 amide bonds. The van der Waals surface area contributed by atoms with E-state index >= 15 is 0 Å². The molecule has 0 fully saturated rings. The molecule has 2 aromatic carbocycles. The van der Waals surface area contributed by atoms with Gasteiger partial charge in [0, 0.05) is 41.0 Å². The van der Waals surface area contributed by atoms with Crippen molar-refractivity contribution >= 4 is 33.7 Å². The minimum Gasteiger partial charge on any atom is -0.548 e. The Labute approximate surface area is 181 Å². The predicted molar refractivity (Wildman–Crippen MR) is 113 cm³/mol. The molecule has 0 aliphatic heterocycles. The van der Waals surface area contributed by atoms with Crippen LogP contribution in [0.15, 0.2) is 63.9 Å². The van der Waals surface area contributed by atoms with Crippen LogP contribution in [0.4, 0.5) is 0 Å². The van der Waals surface area contributed by atoms with E-state index < -0.39 is 29.6 Å². The van der Waals surface area contributed by atoms with Gasteiger partial charge >= 0.3 is 5.63 Å². The summed E-state index contributed by atoms with van der Waals surface area (Å²) in [6.45, 7) is 1.47. The summed E-state index contributed by atoms with van der Waals surface area (Å²) < 4.78 is 10.7. The van der Waals surface area contributed by atoms with Crippen molar-refractivity contribution in [3.63, 3.8) is 0 Å². The third kappa shape index (κ3) is 4.41. The number of hydrogen-bond donors (Lipinski definition) is 3. The molecule has 9 nitrogen and oxygen atoms in total. The molecule has 2 aromatic heterocycles. The number of phenolic OH excluding ortho intramolecular Hbond substituents is 1. The van der Waals surface area contributed by atoms with E-state index in [1.165, 1.54) is 31.2 Å². The number of ether oxygens (including phenoxy) is 1. The number of phenols is 1. The zero-order chi connectivity index (χ0) is 22.8. The summed E-state index contributed by atoms with van der Waals surface area (Å²) in [5, 5.41) is 25.1. The van der Waals surface area contributed by atoms with Gasteiger partial charge in [0.15, 0.2) is 6.10 Å². The van der Waals surface area contributed by atoms with Crippen LogP contribution in [0.2, 0.25) is 0 Å². The van der Waals surface area contributed by atoms with Crippen molar-refractivity contribution in [3.8, 4) is 11.5 Å². The first-order valence-electron chi connectivity index (χ1n) is 9.81. The van der Waals surface area contributed by atoms with Gasteiger partial charge in [-0.05, 0) is 48.9 Å². The minimum atomic E-state index is -1.45.